The Morgan fingerprint density at radius 2 is 1.71 bits per heavy atom. The van der Waals surface area contributed by atoms with Crippen LogP contribution >= 0.6 is 0 Å². The van der Waals surface area contributed by atoms with Gasteiger partial charge >= 0.3 is 11.9 Å². The molecule has 3 rings (SSSR count). The maximum atomic E-state index is 13.2. The zero-order valence-corrected chi connectivity index (χ0v) is 17.0. The molecule has 2 saturated heterocycles. The van der Waals surface area contributed by atoms with Gasteiger partial charge in [0.15, 0.2) is 0 Å². The van der Waals surface area contributed by atoms with Crippen LogP contribution in [0.4, 0.5) is 0 Å². The minimum Gasteiger partial charge on any atom is -0.464 e. The van der Waals surface area contributed by atoms with Crippen molar-refractivity contribution < 1.29 is 32.2 Å². The van der Waals surface area contributed by atoms with Crippen LogP contribution in [0.25, 0.3) is 0 Å². The monoisotopic (exact) mass is 411 g/mol. The molecule has 0 amide bonds. The normalized spacial score (nSPS) is 26.6. The van der Waals surface area contributed by atoms with E-state index in [1.54, 1.807) is 38.1 Å². The number of rotatable bonds is 6. The van der Waals surface area contributed by atoms with E-state index in [2.05, 4.69) is 0 Å². The van der Waals surface area contributed by atoms with Gasteiger partial charge in [0.05, 0.1) is 25.5 Å². The van der Waals surface area contributed by atoms with Crippen LogP contribution in [0.15, 0.2) is 30.3 Å². The summed E-state index contributed by atoms with van der Waals surface area (Å²) in [6.07, 6.45) is 0.513. The summed E-state index contributed by atoms with van der Waals surface area (Å²) in [4.78, 5) is 26.3. The molecule has 0 aliphatic carbocycles. The average Bonchev–Trinajstić information content (AvgIpc) is 3.21. The number of esters is 2. The van der Waals surface area contributed by atoms with Gasteiger partial charge in [-0.15, -0.1) is 0 Å². The minimum atomic E-state index is -4.02. The number of benzene rings is 1. The largest absolute Gasteiger partial charge is 0.464 e. The predicted molar refractivity (Wildman–Crippen MR) is 99.7 cm³/mol. The summed E-state index contributed by atoms with van der Waals surface area (Å²) < 4.78 is 43.0. The van der Waals surface area contributed by atoms with Gasteiger partial charge in [0.1, 0.15) is 6.10 Å². The fourth-order valence-corrected chi connectivity index (χ4v) is 5.82. The van der Waals surface area contributed by atoms with Gasteiger partial charge in [0.2, 0.25) is 10.0 Å². The Kier molecular flexibility index (Phi) is 5.79. The quantitative estimate of drug-likeness (QED) is 0.513. The molecule has 9 heteroatoms. The second kappa shape index (κ2) is 7.81. The molecule has 2 aliphatic heterocycles. The van der Waals surface area contributed by atoms with Gasteiger partial charge in [0, 0.05) is 12.5 Å². The molecule has 2 fully saturated rings. The van der Waals surface area contributed by atoms with Crippen molar-refractivity contribution in [2.45, 2.75) is 38.0 Å². The minimum absolute atomic E-state index is 0.00895. The fraction of sp³-hybridized carbons (Fsp3) is 0.579. The molecule has 0 radical (unpaired) electrons. The molecule has 0 spiro atoms. The number of ether oxygens (including phenoxy) is 3. The van der Waals surface area contributed by atoms with Crippen molar-refractivity contribution in [1.29, 1.82) is 0 Å². The van der Waals surface area contributed by atoms with Crippen molar-refractivity contribution in [1.82, 2.24) is 4.31 Å². The Morgan fingerprint density at radius 3 is 2.21 bits per heavy atom. The number of nitrogens with zero attached hydrogens (tertiary/aromatic N) is 1. The lowest BCUT2D eigenvalue weighted by atomic mass is 9.86. The highest BCUT2D eigenvalue weighted by atomic mass is 32.2. The van der Waals surface area contributed by atoms with E-state index >= 15 is 0 Å². The topological polar surface area (TPSA) is 99.2 Å². The van der Waals surface area contributed by atoms with E-state index in [9.17, 15) is 18.0 Å². The average molecular weight is 411 g/mol. The summed E-state index contributed by atoms with van der Waals surface area (Å²) in [5, 5.41) is 0. The van der Waals surface area contributed by atoms with E-state index in [1.807, 2.05) is 6.07 Å². The van der Waals surface area contributed by atoms with Crippen molar-refractivity contribution in [3.8, 4) is 0 Å². The molecular weight excluding hydrogens is 386 g/mol. The van der Waals surface area contributed by atoms with Crippen LogP contribution in [-0.2, 0) is 33.8 Å². The molecule has 0 bridgehead atoms. The van der Waals surface area contributed by atoms with Crippen LogP contribution in [-0.4, -0.2) is 62.4 Å². The van der Waals surface area contributed by atoms with Gasteiger partial charge < -0.3 is 14.2 Å². The summed E-state index contributed by atoms with van der Waals surface area (Å²) in [5.74, 6) is -2.31. The third kappa shape index (κ3) is 3.11. The molecule has 1 aromatic carbocycles. The number of sulfonamides is 1. The molecule has 0 unspecified atom stereocenters. The van der Waals surface area contributed by atoms with Gasteiger partial charge in [-0.2, -0.15) is 4.31 Å². The van der Waals surface area contributed by atoms with Gasteiger partial charge in [-0.1, -0.05) is 30.3 Å². The standard InChI is InChI=1S/C19H25NO7S/c1-4-25-17(21)19(18(22)26-5-2)16-14(11-12-27-16)15(20(19)28(3,23)24)13-9-7-6-8-10-13/h6-10,14-16H,4-5,11-12H2,1-3H3/t14-,15+,16+/m1/s1. The Balaban J connectivity index is 2.28. The van der Waals surface area contributed by atoms with E-state index in [1.165, 1.54) is 0 Å². The maximum Gasteiger partial charge on any atom is 0.342 e. The maximum absolute atomic E-state index is 13.2. The van der Waals surface area contributed by atoms with Crippen molar-refractivity contribution in [2.75, 3.05) is 26.1 Å². The van der Waals surface area contributed by atoms with Crippen molar-refractivity contribution in [3.63, 3.8) is 0 Å². The molecule has 8 nitrogen and oxygen atoms in total. The molecule has 1 aromatic rings. The zero-order chi connectivity index (χ0) is 20.5. The van der Waals surface area contributed by atoms with E-state index in [0.717, 1.165) is 10.6 Å². The molecule has 0 aromatic heterocycles. The second-order valence-corrected chi connectivity index (χ2v) is 8.73. The molecule has 28 heavy (non-hydrogen) atoms. The van der Waals surface area contributed by atoms with Crippen LogP contribution in [0.2, 0.25) is 0 Å². The first-order valence-corrected chi connectivity index (χ1v) is 11.1. The SMILES string of the molecule is CCOC(=O)C1(C(=O)OCC)[C@H]2OCC[C@@H]2[C@H](c2ccccc2)N1S(C)(=O)=O. The lowest BCUT2D eigenvalue weighted by Crippen LogP contribution is -2.65. The van der Waals surface area contributed by atoms with Crippen LogP contribution in [0.1, 0.15) is 31.9 Å². The lowest BCUT2D eigenvalue weighted by molar-refractivity contribution is -0.177. The Bertz CT molecular complexity index is 821. The van der Waals surface area contributed by atoms with E-state index < -0.39 is 39.6 Å². The van der Waals surface area contributed by atoms with Crippen LogP contribution < -0.4 is 0 Å². The van der Waals surface area contributed by atoms with Crippen LogP contribution in [0, 0.1) is 5.92 Å². The van der Waals surface area contributed by atoms with Crippen LogP contribution in [0.5, 0.6) is 0 Å². The van der Waals surface area contributed by atoms with Crippen molar-refractivity contribution in [2.24, 2.45) is 5.92 Å². The zero-order valence-electron chi connectivity index (χ0n) is 16.2. The number of carbonyl (C=O) groups is 2. The number of fused-ring (bicyclic) bond motifs is 1. The van der Waals surface area contributed by atoms with Crippen molar-refractivity contribution >= 4 is 22.0 Å². The van der Waals surface area contributed by atoms with E-state index in [0.29, 0.717) is 18.6 Å². The first-order valence-electron chi connectivity index (χ1n) is 9.30. The molecule has 3 atom stereocenters. The van der Waals surface area contributed by atoms with Gasteiger partial charge in [0.25, 0.3) is 5.54 Å². The molecule has 0 N–H and O–H groups in total. The summed E-state index contributed by atoms with van der Waals surface area (Å²) in [6.45, 7) is 3.49. The highest BCUT2D eigenvalue weighted by molar-refractivity contribution is 7.88. The summed E-state index contributed by atoms with van der Waals surface area (Å²) in [7, 11) is -4.02. The number of carbonyl (C=O) groups excluding carboxylic acids is 2. The molecule has 154 valence electrons. The Labute approximate surface area is 164 Å². The molecule has 2 heterocycles. The third-order valence-electron chi connectivity index (χ3n) is 5.23. The smallest absolute Gasteiger partial charge is 0.342 e. The Morgan fingerprint density at radius 1 is 1.14 bits per heavy atom. The van der Waals surface area contributed by atoms with Gasteiger partial charge in [-0.3, -0.25) is 0 Å². The molecular formula is C19H25NO7S. The predicted octanol–water partition coefficient (Wildman–Crippen LogP) is 1.27. The van der Waals surface area contributed by atoms with E-state index in [-0.39, 0.29) is 19.1 Å². The highest BCUT2D eigenvalue weighted by Crippen LogP contribution is 2.54. The molecule has 2 aliphatic rings. The molecule has 0 saturated carbocycles. The summed E-state index contributed by atoms with van der Waals surface area (Å²) in [5.41, 5.74) is -1.52. The lowest BCUT2D eigenvalue weighted by Gasteiger charge is -2.37. The Hall–Kier alpha value is -1.97. The first-order chi connectivity index (χ1) is 13.3. The second-order valence-electron chi connectivity index (χ2n) is 6.87. The van der Waals surface area contributed by atoms with Gasteiger partial charge in [-0.25, -0.2) is 18.0 Å². The highest BCUT2D eigenvalue weighted by Gasteiger charge is 2.74. The van der Waals surface area contributed by atoms with Crippen molar-refractivity contribution in [3.05, 3.63) is 35.9 Å². The fourth-order valence-electron chi connectivity index (χ4n) is 4.36. The third-order valence-corrected chi connectivity index (χ3v) is 6.46. The number of hydrogen-bond donors (Lipinski definition) is 0. The van der Waals surface area contributed by atoms with Crippen LogP contribution in [0.3, 0.4) is 0 Å². The summed E-state index contributed by atoms with van der Waals surface area (Å²) >= 11 is 0. The summed E-state index contributed by atoms with van der Waals surface area (Å²) in [6, 6.07) is 8.22. The van der Waals surface area contributed by atoms with Gasteiger partial charge in [-0.05, 0) is 25.8 Å². The first kappa shape index (κ1) is 20.8. The number of hydrogen-bond acceptors (Lipinski definition) is 7. The van der Waals surface area contributed by atoms with E-state index in [4.69, 9.17) is 14.2 Å².